The molecular formula is C29H26N4O4S. The van der Waals surface area contributed by atoms with Crippen LogP contribution in [0.5, 0.6) is 0 Å². The molecule has 0 saturated carbocycles. The Labute approximate surface area is 225 Å². The van der Waals surface area contributed by atoms with Gasteiger partial charge in [0.25, 0.3) is 0 Å². The third-order valence-corrected chi connectivity index (χ3v) is 6.70. The van der Waals surface area contributed by atoms with Crippen molar-refractivity contribution in [1.29, 1.82) is 0 Å². The van der Waals surface area contributed by atoms with E-state index in [4.69, 9.17) is 21.4 Å². The van der Waals surface area contributed by atoms with E-state index in [1.165, 1.54) is 7.11 Å². The molecule has 5 rings (SSSR count). The Kier molecular flexibility index (Phi) is 7.46. The fraction of sp³-hybridized carbons (Fsp3) is 0.172. The number of esters is 1. The molecule has 8 nitrogen and oxygen atoms in total. The van der Waals surface area contributed by atoms with Gasteiger partial charge in [0.05, 0.1) is 24.4 Å². The van der Waals surface area contributed by atoms with Crippen molar-refractivity contribution >= 4 is 34.9 Å². The van der Waals surface area contributed by atoms with Crippen molar-refractivity contribution in [2.75, 3.05) is 19.0 Å². The Bertz CT molecular complexity index is 1420. The van der Waals surface area contributed by atoms with Gasteiger partial charge in [0.1, 0.15) is 17.6 Å². The number of para-hydroxylation sites is 1. The summed E-state index contributed by atoms with van der Waals surface area (Å²) in [6, 6.07) is 25.3. The number of nitrogens with one attached hydrogen (secondary N) is 2. The van der Waals surface area contributed by atoms with E-state index in [2.05, 4.69) is 15.6 Å². The number of ether oxygens (including phenoxy) is 1. The first-order valence-electron chi connectivity index (χ1n) is 12.1. The van der Waals surface area contributed by atoms with Crippen molar-refractivity contribution in [1.82, 2.24) is 15.2 Å². The Morgan fingerprint density at radius 1 is 1.03 bits per heavy atom. The maximum Gasteiger partial charge on any atom is 0.337 e. The van der Waals surface area contributed by atoms with Gasteiger partial charge in [-0.1, -0.05) is 36.4 Å². The minimum Gasteiger partial charge on any atom is -0.465 e. The quantitative estimate of drug-likeness (QED) is 0.241. The molecule has 4 aromatic rings. The normalized spacial score (nSPS) is 16.7. The van der Waals surface area contributed by atoms with Crippen LogP contribution in [-0.2, 0) is 9.53 Å². The summed E-state index contributed by atoms with van der Waals surface area (Å²) in [4.78, 5) is 31.0. The number of anilines is 1. The zero-order valence-electron chi connectivity index (χ0n) is 20.7. The molecule has 9 heteroatoms. The minimum absolute atomic E-state index is 0.107. The molecule has 2 aromatic heterocycles. The Hall–Kier alpha value is -4.50. The van der Waals surface area contributed by atoms with Crippen LogP contribution in [0.1, 0.15) is 40.3 Å². The van der Waals surface area contributed by atoms with Crippen molar-refractivity contribution in [3.05, 3.63) is 108 Å². The third-order valence-electron chi connectivity index (χ3n) is 6.34. The van der Waals surface area contributed by atoms with Gasteiger partial charge in [-0.15, -0.1) is 0 Å². The average Bonchev–Trinajstić information content (AvgIpc) is 3.57. The number of rotatable bonds is 8. The van der Waals surface area contributed by atoms with Gasteiger partial charge in [0.15, 0.2) is 5.11 Å². The van der Waals surface area contributed by atoms with Crippen LogP contribution < -0.4 is 10.6 Å². The number of methoxy groups -OCH3 is 1. The second-order valence-corrected chi connectivity index (χ2v) is 9.14. The van der Waals surface area contributed by atoms with Gasteiger partial charge >= 0.3 is 5.97 Å². The van der Waals surface area contributed by atoms with Crippen molar-refractivity contribution in [3.63, 3.8) is 0 Å². The highest BCUT2D eigenvalue weighted by atomic mass is 32.1. The number of furan rings is 1. The largest absolute Gasteiger partial charge is 0.465 e. The smallest absolute Gasteiger partial charge is 0.337 e. The summed E-state index contributed by atoms with van der Waals surface area (Å²) in [5.74, 6) is 0.830. The Balaban J connectivity index is 1.39. The number of pyridine rings is 1. The van der Waals surface area contributed by atoms with Crippen LogP contribution >= 0.6 is 12.2 Å². The number of hydrogen-bond donors (Lipinski definition) is 2. The lowest BCUT2D eigenvalue weighted by molar-refractivity contribution is -0.116. The van der Waals surface area contributed by atoms with Crippen LogP contribution in [0.2, 0.25) is 0 Å². The standard InChI is InChI=1S/C29H26N4O4S/c1-36-28(35)20-12-10-19(11-13-20)23-14-15-24(37-23)27-26(22-9-5-6-17-30-22)32-29(38)33(27)18-16-25(34)31-21-7-3-2-4-8-21/h2-15,17,26-27H,16,18H2,1H3,(H,31,34)(H,32,38)/t26-,27+/m0/s1. The number of carbonyl (C=O) groups is 2. The van der Waals surface area contributed by atoms with E-state index in [0.29, 0.717) is 28.7 Å². The summed E-state index contributed by atoms with van der Waals surface area (Å²) >= 11 is 5.70. The van der Waals surface area contributed by atoms with Crippen LogP contribution in [-0.4, -0.2) is 40.5 Å². The molecule has 0 bridgehead atoms. The molecule has 0 spiro atoms. The highest BCUT2D eigenvalue weighted by Gasteiger charge is 2.41. The first-order valence-corrected chi connectivity index (χ1v) is 12.6. The molecule has 1 saturated heterocycles. The minimum atomic E-state index is -0.396. The molecule has 2 aromatic carbocycles. The highest BCUT2D eigenvalue weighted by molar-refractivity contribution is 7.80. The fourth-order valence-corrected chi connectivity index (χ4v) is 4.81. The van der Waals surface area contributed by atoms with E-state index in [-0.39, 0.29) is 24.4 Å². The maximum atomic E-state index is 12.7. The van der Waals surface area contributed by atoms with Gasteiger partial charge in [-0.3, -0.25) is 9.78 Å². The van der Waals surface area contributed by atoms with Crippen molar-refractivity contribution in [3.8, 4) is 11.3 Å². The molecule has 1 fully saturated rings. The number of thiocarbonyl (C=S) groups is 1. The van der Waals surface area contributed by atoms with Crippen molar-refractivity contribution < 1.29 is 18.7 Å². The number of amides is 1. The number of nitrogens with zero attached hydrogens (tertiary/aromatic N) is 2. The summed E-state index contributed by atoms with van der Waals surface area (Å²) in [6.45, 7) is 0.391. The van der Waals surface area contributed by atoms with Gasteiger partial charge in [0, 0.05) is 30.4 Å². The van der Waals surface area contributed by atoms with Gasteiger partial charge in [0.2, 0.25) is 5.91 Å². The van der Waals surface area contributed by atoms with Crippen LogP contribution in [0.15, 0.2) is 95.5 Å². The monoisotopic (exact) mass is 526 g/mol. The molecule has 3 heterocycles. The second kappa shape index (κ2) is 11.3. The van der Waals surface area contributed by atoms with Crippen LogP contribution in [0.4, 0.5) is 5.69 Å². The van der Waals surface area contributed by atoms with E-state index in [1.807, 2.05) is 77.7 Å². The van der Waals surface area contributed by atoms with Crippen molar-refractivity contribution in [2.24, 2.45) is 0 Å². The predicted molar refractivity (Wildman–Crippen MR) is 147 cm³/mol. The molecule has 38 heavy (non-hydrogen) atoms. The zero-order chi connectivity index (χ0) is 26.5. The van der Waals surface area contributed by atoms with E-state index < -0.39 is 5.97 Å². The van der Waals surface area contributed by atoms with E-state index in [9.17, 15) is 9.59 Å². The summed E-state index contributed by atoms with van der Waals surface area (Å²) in [5, 5.41) is 6.82. The molecule has 0 aliphatic carbocycles. The molecule has 1 aliphatic heterocycles. The molecule has 2 N–H and O–H groups in total. The van der Waals surface area contributed by atoms with Crippen LogP contribution in [0.25, 0.3) is 11.3 Å². The van der Waals surface area contributed by atoms with Gasteiger partial charge in [-0.25, -0.2) is 4.79 Å². The first-order chi connectivity index (χ1) is 18.5. The lowest BCUT2D eigenvalue weighted by Gasteiger charge is -2.25. The number of benzene rings is 2. The highest BCUT2D eigenvalue weighted by Crippen LogP contribution is 2.40. The van der Waals surface area contributed by atoms with E-state index >= 15 is 0 Å². The Morgan fingerprint density at radius 2 is 1.79 bits per heavy atom. The third kappa shape index (κ3) is 5.42. The molecular weight excluding hydrogens is 500 g/mol. The second-order valence-electron chi connectivity index (χ2n) is 8.76. The summed E-state index contributed by atoms with van der Waals surface area (Å²) in [7, 11) is 1.35. The zero-order valence-corrected chi connectivity index (χ0v) is 21.5. The first kappa shape index (κ1) is 25.2. The lowest BCUT2D eigenvalue weighted by Crippen LogP contribution is -2.32. The van der Waals surface area contributed by atoms with Crippen LogP contribution in [0, 0.1) is 0 Å². The molecule has 1 amide bonds. The van der Waals surface area contributed by atoms with E-state index in [1.54, 1.807) is 18.3 Å². The summed E-state index contributed by atoms with van der Waals surface area (Å²) < 4.78 is 11.1. The molecule has 192 valence electrons. The molecule has 2 atom stereocenters. The summed E-state index contributed by atoms with van der Waals surface area (Å²) in [5.41, 5.74) is 2.84. The number of carbonyl (C=O) groups excluding carboxylic acids is 2. The fourth-order valence-electron chi connectivity index (χ4n) is 4.48. The summed E-state index contributed by atoms with van der Waals surface area (Å²) in [6.07, 6.45) is 1.98. The predicted octanol–water partition coefficient (Wildman–Crippen LogP) is 5.13. The van der Waals surface area contributed by atoms with Gasteiger partial charge in [-0.05, 0) is 60.7 Å². The van der Waals surface area contributed by atoms with Crippen LogP contribution in [0.3, 0.4) is 0 Å². The molecule has 0 radical (unpaired) electrons. The van der Waals surface area contributed by atoms with E-state index in [0.717, 1.165) is 16.9 Å². The van der Waals surface area contributed by atoms with Gasteiger partial charge < -0.3 is 24.7 Å². The van der Waals surface area contributed by atoms with Gasteiger partial charge in [-0.2, -0.15) is 0 Å². The maximum absolute atomic E-state index is 12.7. The average molecular weight is 527 g/mol. The number of hydrogen-bond acceptors (Lipinski definition) is 6. The Morgan fingerprint density at radius 3 is 2.50 bits per heavy atom. The SMILES string of the molecule is COC(=O)c1ccc(-c2ccc([C@@H]3[C@H](c4ccccn4)NC(=S)N3CCC(=O)Nc3ccccc3)o2)cc1. The van der Waals surface area contributed by atoms with Crippen molar-refractivity contribution in [2.45, 2.75) is 18.5 Å². The number of aromatic nitrogens is 1. The molecule has 0 unspecified atom stereocenters. The molecule has 1 aliphatic rings. The lowest BCUT2D eigenvalue weighted by atomic mass is 10.0. The topological polar surface area (TPSA) is 96.7 Å².